The number of ether oxygens (including phenoxy) is 2. The van der Waals surface area contributed by atoms with Gasteiger partial charge in [0.25, 0.3) is 0 Å². The number of amides is 2. The fraction of sp³-hybridized carbons (Fsp3) is 0.367. The minimum atomic E-state index is -0.553. The largest absolute Gasteiger partial charge is 0.453 e. The first-order chi connectivity index (χ1) is 18.1. The van der Waals surface area contributed by atoms with Gasteiger partial charge in [-0.25, -0.2) is 9.59 Å². The number of nitrogens with zero attached hydrogens (tertiary/aromatic N) is 2. The number of cyclic esters (lactones) is 1. The lowest BCUT2D eigenvalue weighted by Crippen LogP contribution is -2.49. The number of nitrogens with one attached hydrogen (secondary N) is 1. The van der Waals surface area contributed by atoms with Gasteiger partial charge < -0.3 is 24.3 Å². The molecule has 1 aliphatic heterocycles. The minimum Gasteiger partial charge on any atom is -0.453 e. The molecule has 202 valence electrons. The number of methoxy groups -OCH3 is 1. The zero-order valence-electron chi connectivity index (χ0n) is 22.7. The van der Waals surface area contributed by atoms with Crippen LogP contribution in [0.5, 0.6) is 0 Å². The van der Waals surface area contributed by atoms with E-state index in [9.17, 15) is 14.4 Å². The highest BCUT2D eigenvalue weighted by molar-refractivity contribution is 5.70. The molecule has 0 bridgehead atoms. The summed E-state index contributed by atoms with van der Waals surface area (Å²) in [6, 6.07) is 23.2. The summed E-state index contributed by atoms with van der Waals surface area (Å²) in [5.74, 6) is 0. The first-order valence-electron chi connectivity index (χ1n) is 12.7. The van der Waals surface area contributed by atoms with Crippen molar-refractivity contribution in [2.75, 3.05) is 13.7 Å². The van der Waals surface area contributed by atoms with Crippen molar-refractivity contribution >= 4 is 12.2 Å². The van der Waals surface area contributed by atoms with Crippen molar-refractivity contribution in [3.05, 3.63) is 94.9 Å². The molecule has 2 amide bonds. The molecular weight excluding hydrogens is 482 g/mol. The van der Waals surface area contributed by atoms with Crippen molar-refractivity contribution < 1.29 is 19.1 Å². The second kappa shape index (κ2) is 12.9. The van der Waals surface area contributed by atoms with Crippen LogP contribution in [0.2, 0.25) is 0 Å². The van der Waals surface area contributed by atoms with Gasteiger partial charge in [-0.2, -0.15) is 0 Å². The maximum atomic E-state index is 12.7. The molecule has 2 aromatic carbocycles. The first kappa shape index (κ1) is 28.5. The Hall–Kier alpha value is -4.07. The molecule has 4 rings (SSSR count). The van der Waals surface area contributed by atoms with E-state index in [0.717, 1.165) is 16.7 Å². The van der Waals surface area contributed by atoms with Crippen LogP contribution in [0.1, 0.15) is 45.2 Å². The number of rotatable bonds is 6. The summed E-state index contributed by atoms with van der Waals surface area (Å²) in [4.78, 5) is 37.5. The zero-order valence-corrected chi connectivity index (χ0v) is 22.7. The van der Waals surface area contributed by atoms with Crippen LogP contribution in [0.25, 0.3) is 11.1 Å². The maximum absolute atomic E-state index is 12.7. The van der Waals surface area contributed by atoms with Gasteiger partial charge in [0.05, 0.1) is 13.2 Å². The highest BCUT2D eigenvalue weighted by Crippen LogP contribution is 2.29. The van der Waals surface area contributed by atoms with Crippen molar-refractivity contribution in [1.29, 1.82) is 0 Å². The smallest absolute Gasteiger partial charge is 0.410 e. The van der Waals surface area contributed by atoms with Crippen LogP contribution in [0, 0.1) is 0 Å². The minimum absolute atomic E-state index is 0.0506. The highest BCUT2D eigenvalue weighted by atomic mass is 16.6. The van der Waals surface area contributed by atoms with Gasteiger partial charge in [-0.15, -0.1) is 0 Å². The predicted octanol–water partition coefficient (Wildman–Crippen LogP) is 5.54. The molecule has 1 aliphatic rings. The summed E-state index contributed by atoms with van der Waals surface area (Å²) in [6.45, 7) is 6.30. The van der Waals surface area contributed by atoms with Gasteiger partial charge in [-0.1, -0.05) is 60.7 Å². The molecule has 0 saturated carbocycles. The van der Waals surface area contributed by atoms with E-state index in [1.807, 2.05) is 81.4 Å². The Morgan fingerprint density at radius 2 is 1.61 bits per heavy atom. The molecule has 1 fully saturated rings. The summed E-state index contributed by atoms with van der Waals surface area (Å²) in [7, 11) is 3.05. The summed E-state index contributed by atoms with van der Waals surface area (Å²) < 4.78 is 11.9. The molecule has 38 heavy (non-hydrogen) atoms. The number of aryl methyl sites for hydroxylation is 1. The highest BCUT2D eigenvalue weighted by Gasteiger charge is 2.34. The lowest BCUT2D eigenvalue weighted by molar-refractivity contribution is 0.000919. The molecule has 1 saturated heterocycles. The molecule has 2 unspecified atom stereocenters. The maximum Gasteiger partial charge on any atom is 0.410 e. The molecule has 2 atom stereocenters. The van der Waals surface area contributed by atoms with Gasteiger partial charge in [-0.05, 0) is 43.5 Å². The number of aromatic nitrogens is 1. The topological polar surface area (TPSA) is 89.9 Å². The van der Waals surface area contributed by atoms with E-state index < -0.39 is 11.6 Å². The Kier molecular flexibility index (Phi) is 9.71. The molecule has 2 heterocycles. The summed E-state index contributed by atoms with van der Waals surface area (Å²) in [6.07, 6.45) is 1.85. The van der Waals surface area contributed by atoms with Gasteiger partial charge in [0.1, 0.15) is 6.10 Å². The number of alkyl carbamates (subject to hydrolysis) is 1. The van der Waals surface area contributed by atoms with E-state index in [1.165, 1.54) is 7.11 Å². The molecule has 8 nitrogen and oxygen atoms in total. The van der Waals surface area contributed by atoms with Crippen molar-refractivity contribution in [2.24, 2.45) is 7.05 Å². The van der Waals surface area contributed by atoms with Gasteiger partial charge in [0.15, 0.2) is 0 Å². The summed E-state index contributed by atoms with van der Waals surface area (Å²) in [5, 5.41) is 2.77. The second-order valence-corrected chi connectivity index (χ2v) is 10.0. The van der Waals surface area contributed by atoms with Gasteiger partial charge >= 0.3 is 12.2 Å². The fourth-order valence-electron chi connectivity index (χ4n) is 4.37. The van der Waals surface area contributed by atoms with E-state index in [4.69, 9.17) is 4.74 Å². The number of hydrogen-bond acceptors (Lipinski definition) is 5. The number of hydrogen-bond donors (Lipinski definition) is 1. The van der Waals surface area contributed by atoms with Gasteiger partial charge in [0, 0.05) is 44.2 Å². The third kappa shape index (κ3) is 7.96. The second-order valence-electron chi connectivity index (χ2n) is 10.0. The average molecular weight is 520 g/mol. The Morgan fingerprint density at radius 1 is 1.03 bits per heavy atom. The lowest BCUT2D eigenvalue weighted by Gasteiger charge is -2.38. The standard InChI is InChI=1S/C24H31N3O5.C6H6/c1-16(17-6-8-18(9-7-17)19-10-11-21(28)26(4)15-19)27-13-12-20(32-23(27)30)14-24(2,3)25-22(29)31-5;1-2-4-6-5-3-1/h6-11,15-16,20H,12-14H2,1-5H3,(H,25,29);1-6H. The molecule has 0 spiro atoms. The van der Waals surface area contributed by atoms with Crippen LogP contribution >= 0.6 is 0 Å². The Balaban J connectivity index is 0.000000585. The van der Waals surface area contributed by atoms with Crippen LogP contribution in [0.3, 0.4) is 0 Å². The number of benzene rings is 2. The molecule has 3 aromatic rings. The van der Waals surface area contributed by atoms with Crippen LogP contribution < -0.4 is 10.9 Å². The number of carbonyl (C=O) groups excluding carboxylic acids is 2. The fourth-order valence-corrected chi connectivity index (χ4v) is 4.37. The predicted molar refractivity (Wildman–Crippen MR) is 148 cm³/mol. The van der Waals surface area contributed by atoms with Crippen molar-refractivity contribution in [3.63, 3.8) is 0 Å². The van der Waals surface area contributed by atoms with E-state index in [1.54, 1.807) is 34.8 Å². The van der Waals surface area contributed by atoms with Gasteiger partial charge in [0.2, 0.25) is 5.56 Å². The van der Waals surface area contributed by atoms with Crippen molar-refractivity contribution in [1.82, 2.24) is 14.8 Å². The van der Waals surface area contributed by atoms with E-state index >= 15 is 0 Å². The normalized spacial score (nSPS) is 16.0. The van der Waals surface area contributed by atoms with Crippen LogP contribution in [-0.2, 0) is 16.5 Å². The molecule has 1 N–H and O–H groups in total. The summed E-state index contributed by atoms with van der Waals surface area (Å²) in [5.41, 5.74) is 2.35. The summed E-state index contributed by atoms with van der Waals surface area (Å²) >= 11 is 0. The third-order valence-corrected chi connectivity index (χ3v) is 6.50. The molecule has 0 aliphatic carbocycles. The Bertz CT molecular complexity index is 1230. The van der Waals surface area contributed by atoms with Crippen LogP contribution in [-0.4, -0.2) is 47.0 Å². The van der Waals surface area contributed by atoms with Gasteiger partial charge in [-0.3, -0.25) is 4.79 Å². The number of carbonyl (C=O) groups is 2. The SMILES string of the molecule is COC(=O)NC(C)(C)CC1CCN(C(C)c2ccc(-c3ccc(=O)n(C)c3)cc2)C(=O)O1.c1ccccc1. The molecule has 8 heteroatoms. The number of pyridine rings is 1. The van der Waals surface area contributed by atoms with E-state index in [2.05, 4.69) is 10.1 Å². The average Bonchev–Trinajstić information content (AvgIpc) is 2.91. The van der Waals surface area contributed by atoms with Crippen LogP contribution in [0.4, 0.5) is 9.59 Å². The molecular formula is C30H37N3O5. The van der Waals surface area contributed by atoms with Crippen LogP contribution in [0.15, 0.2) is 83.8 Å². The quantitative estimate of drug-likeness (QED) is 0.462. The monoisotopic (exact) mass is 519 g/mol. The Labute approximate surface area is 224 Å². The van der Waals surface area contributed by atoms with E-state index in [-0.39, 0.29) is 23.8 Å². The first-order valence-corrected chi connectivity index (χ1v) is 12.7. The lowest BCUT2D eigenvalue weighted by atomic mass is 9.94. The van der Waals surface area contributed by atoms with Crippen molar-refractivity contribution in [2.45, 2.75) is 51.3 Å². The molecule has 1 aromatic heterocycles. The Morgan fingerprint density at radius 3 is 2.13 bits per heavy atom. The van der Waals surface area contributed by atoms with E-state index in [0.29, 0.717) is 19.4 Å². The van der Waals surface area contributed by atoms with Crippen molar-refractivity contribution in [3.8, 4) is 11.1 Å². The molecule has 0 radical (unpaired) electrons. The third-order valence-electron chi connectivity index (χ3n) is 6.50. The zero-order chi connectivity index (χ0) is 27.7.